The van der Waals surface area contributed by atoms with Gasteiger partial charge in [0.1, 0.15) is 6.04 Å². The van der Waals surface area contributed by atoms with Crippen molar-refractivity contribution in [2.45, 2.75) is 18.9 Å². The van der Waals surface area contributed by atoms with E-state index in [1.807, 2.05) is 0 Å². The number of carbonyl (C=O) groups excluding carboxylic acids is 2. The van der Waals surface area contributed by atoms with Gasteiger partial charge in [0, 0.05) is 18.6 Å². The molecule has 2 aromatic heterocycles. The highest BCUT2D eigenvalue weighted by Crippen LogP contribution is 2.13. The van der Waals surface area contributed by atoms with E-state index in [0.29, 0.717) is 0 Å². The summed E-state index contributed by atoms with van der Waals surface area (Å²) < 4.78 is 19.4. The molecule has 2 rings (SSSR count). The maximum Gasteiger partial charge on any atom is 0.330 e. The molecule has 2 aromatic rings. The van der Waals surface area contributed by atoms with Crippen LogP contribution in [0.5, 0.6) is 11.9 Å². The Morgan fingerprint density at radius 1 is 1.10 bits per heavy atom. The maximum absolute atomic E-state index is 11.6. The van der Waals surface area contributed by atoms with Crippen LogP contribution in [0, 0.1) is 0 Å². The Hall–Kier alpha value is -2.54. The molecule has 2 N–H and O–H groups in total. The number of nitrogens with two attached hydrogens (primary N) is 1. The van der Waals surface area contributed by atoms with Crippen molar-refractivity contribution in [1.29, 1.82) is 0 Å². The van der Waals surface area contributed by atoms with Crippen molar-refractivity contribution in [3.63, 3.8) is 0 Å². The molecule has 0 aliphatic rings. The van der Waals surface area contributed by atoms with Gasteiger partial charge in [-0.15, -0.1) is 0 Å². The smallest absolute Gasteiger partial charge is 0.330 e. The molecule has 7 nitrogen and oxygen atoms in total. The van der Waals surface area contributed by atoms with Gasteiger partial charge in [0.25, 0.3) is 11.9 Å². The van der Waals surface area contributed by atoms with Gasteiger partial charge in [0.15, 0.2) is 0 Å². The van der Waals surface area contributed by atoms with Gasteiger partial charge < -0.3 is 24.0 Å². The van der Waals surface area contributed by atoms with Crippen LogP contribution in [-0.4, -0.2) is 18.0 Å². The van der Waals surface area contributed by atoms with Crippen molar-refractivity contribution < 1.29 is 27.9 Å². The molecule has 0 unspecified atom stereocenters. The van der Waals surface area contributed by atoms with E-state index in [9.17, 15) is 9.59 Å². The Balaban J connectivity index is 1.72. The molecule has 0 aliphatic carbocycles. The minimum atomic E-state index is -0.941. The summed E-state index contributed by atoms with van der Waals surface area (Å²) >= 11 is 0. The Kier molecular flexibility index (Phi) is 4.56. The minimum absolute atomic E-state index is 0.0326. The largest absolute Gasteiger partial charge is 0.434 e. The lowest BCUT2D eigenvalue weighted by Crippen LogP contribution is -2.34. The molecule has 7 heteroatoms. The number of carbonyl (C=O) groups is 2. The maximum atomic E-state index is 11.6. The number of rotatable bonds is 6. The summed E-state index contributed by atoms with van der Waals surface area (Å²) in [6, 6.07) is 5.21. The number of esters is 2. The first-order chi connectivity index (χ1) is 9.65. The summed E-state index contributed by atoms with van der Waals surface area (Å²) in [6.45, 7) is 0. The van der Waals surface area contributed by atoms with E-state index in [2.05, 4.69) is 0 Å². The van der Waals surface area contributed by atoms with Crippen molar-refractivity contribution in [3.8, 4) is 11.9 Å². The molecule has 0 aliphatic heterocycles. The molecular weight excluding hydrogens is 266 g/mol. The van der Waals surface area contributed by atoms with Gasteiger partial charge in [-0.1, -0.05) is 0 Å². The highest BCUT2D eigenvalue weighted by molar-refractivity contribution is 5.79. The SMILES string of the molecule is N[C@@H](CCC(=O)Oc1ccco1)C(=O)Oc1ccco1. The lowest BCUT2D eigenvalue weighted by molar-refractivity contribution is -0.138. The third-order valence-corrected chi connectivity index (χ3v) is 2.37. The summed E-state index contributed by atoms with van der Waals surface area (Å²) in [5.74, 6) is -1.06. The second-order valence-electron chi connectivity index (χ2n) is 3.90. The molecule has 0 aromatic carbocycles. The van der Waals surface area contributed by atoms with Crippen molar-refractivity contribution in [2.24, 2.45) is 5.73 Å². The topological polar surface area (TPSA) is 105 Å². The van der Waals surface area contributed by atoms with E-state index in [1.165, 1.54) is 24.7 Å². The Bertz CT molecular complexity index is 545. The van der Waals surface area contributed by atoms with Crippen molar-refractivity contribution in [2.75, 3.05) is 0 Å². The second kappa shape index (κ2) is 6.58. The van der Waals surface area contributed by atoms with E-state index in [1.54, 1.807) is 12.1 Å². The van der Waals surface area contributed by atoms with Crippen LogP contribution < -0.4 is 15.2 Å². The van der Waals surface area contributed by atoms with Crippen LogP contribution in [0.3, 0.4) is 0 Å². The Labute approximate surface area is 114 Å². The van der Waals surface area contributed by atoms with Crippen LogP contribution in [-0.2, 0) is 9.59 Å². The van der Waals surface area contributed by atoms with E-state index >= 15 is 0 Å². The fourth-order valence-electron chi connectivity index (χ4n) is 1.37. The van der Waals surface area contributed by atoms with Crippen LogP contribution >= 0.6 is 0 Å². The van der Waals surface area contributed by atoms with Crippen LogP contribution in [0.15, 0.2) is 45.6 Å². The summed E-state index contributed by atoms with van der Waals surface area (Å²) in [6.07, 6.45) is 2.82. The van der Waals surface area contributed by atoms with Gasteiger partial charge >= 0.3 is 11.9 Å². The van der Waals surface area contributed by atoms with Crippen LogP contribution in [0.1, 0.15) is 12.8 Å². The number of hydrogen-bond acceptors (Lipinski definition) is 7. The van der Waals surface area contributed by atoms with Gasteiger partial charge in [-0.2, -0.15) is 0 Å². The molecule has 1 atom stereocenters. The summed E-state index contributed by atoms with van der Waals surface area (Å²) in [5, 5.41) is 0. The predicted molar refractivity (Wildman–Crippen MR) is 65.9 cm³/mol. The highest BCUT2D eigenvalue weighted by Gasteiger charge is 2.19. The van der Waals surface area contributed by atoms with Crippen molar-refractivity contribution >= 4 is 11.9 Å². The average molecular weight is 279 g/mol. The molecule has 106 valence electrons. The fourth-order valence-corrected chi connectivity index (χ4v) is 1.37. The van der Waals surface area contributed by atoms with Gasteiger partial charge in [-0.25, -0.2) is 4.79 Å². The summed E-state index contributed by atoms with van der Waals surface area (Å²) in [7, 11) is 0. The zero-order valence-corrected chi connectivity index (χ0v) is 10.5. The number of ether oxygens (including phenoxy) is 2. The third kappa shape index (κ3) is 3.99. The van der Waals surface area contributed by atoms with E-state index < -0.39 is 18.0 Å². The molecule has 0 fully saturated rings. The number of hydrogen-bond donors (Lipinski definition) is 1. The van der Waals surface area contributed by atoms with Gasteiger partial charge in [-0.3, -0.25) is 4.79 Å². The number of furan rings is 2. The first kappa shape index (κ1) is 13.9. The molecule has 20 heavy (non-hydrogen) atoms. The lowest BCUT2D eigenvalue weighted by Gasteiger charge is -2.08. The zero-order chi connectivity index (χ0) is 14.4. The van der Waals surface area contributed by atoms with E-state index in [0.717, 1.165) is 0 Å². The van der Waals surface area contributed by atoms with E-state index in [-0.39, 0.29) is 24.7 Å². The van der Waals surface area contributed by atoms with Crippen molar-refractivity contribution in [1.82, 2.24) is 0 Å². The standard InChI is InChI=1S/C13H13NO6/c14-9(13(16)20-12-4-2-8-18-12)5-6-10(15)19-11-3-1-7-17-11/h1-4,7-9H,5-6,14H2/t9-/m0/s1. The lowest BCUT2D eigenvalue weighted by atomic mass is 10.2. The minimum Gasteiger partial charge on any atom is -0.434 e. The van der Waals surface area contributed by atoms with Gasteiger partial charge in [0.05, 0.1) is 12.5 Å². The highest BCUT2D eigenvalue weighted by atomic mass is 16.6. The Morgan fingerprint density at radius 2 is 1.70 bits per heavy atom. The second-order valence-corrected chi connectivity index (χ2v) is 3.90. The normalized spacial score (nSPS) is 11.8. The molecule has 0 saturated heterocycles. The third-order valence-electron chi connectivity index (χ3n) is 2.37. The molecule has 0 saturated carbocycles. The monoisotopic (exact) mass is 279 g/mol. The average Bonchev–Trinajstić information content (AvgIpc) is 3.09. The summed E-state index contributed by atoms with van der Waals surface area (Å²) in [4.78, 5) is 23.0. The van der Waals surface area contributed by atoms with Gasteiger partial charge in [0.2, 0.25) is 0 Å². The van der Waals surface area contributed by atoms with Gasteiger partial charge in [-0.05, 0) is 18.6 Å². The zero-order valence-electron chi connectivity index (χ0n) is 10.5. The first-order valence-electron chi connectivity index (χ1n) is 5.90. The molecule has 0 bridgehead atoms. The molecule has 2 heterocycles. The van der Waals surface area contributed by atoms with Crippen LogP contribution in [0.4, 0.5) is 0 Å². The van der Waals surface area contributed by atoms with E-state index in [4.69, 9.17) is 24.0 Å². The van der Waals surface area contributed by atoms with Crippen LogP contribution in [0.2, 0.25) is 0 Å². The Morgan fingerprint density at radius 3 is 2.25 bits per heavy atom. The quantitative estimate of drug-likeness (QED) is 0.798. The molecule has 0 radical (unpaired) electrons. The first-order valence-corrected chi connectivity index (χ1v) is 5.90. The molecule has 0 spiro atoms. The predicted octanol–water partition coefficient (Wildman–Crippen LogP) is 1.49. The molecular formula is C13H13NO6. The van der Waals surface area contributed by atoms with Crippen LogP contribution in [0.25, 0.3) is 0 Å². The van der Waals surface area contributed by atoms with Crippen molar-refractivity contribution in [3.05, 3.63) is 36.8 Å². The summed E-state index contributed by atoms with van der Waals surface area (Å²) in [5.41, 5.74) is 5.61. The molecule has 0 amide bonds. The fraction of sp³-hybridized carbons (Fsp3) is 0.231.